The van der Waals surface area contributed by atoms with Crippen LogP contribution in [-0.2, 0) is 11.8 Å². The van der Waals surface area contributed by atoms with E-state index in [2.05, 4.69) is 39.2 Å². The third-order valence-corrected chi connectivity index (χ3v) is 7.23. The number of hydrogen-bond acceptors (Lipinski definition) is 7. The summed E-state index contributed by atoms with van der Waals surface area (Å²) in [5.74, 6) is 1.68. The molecule has 6 heterocycles. The largest absolute Gasteiger partial charge is 0.377 e. The predicted octanol–water partition coefficient (Wildman–Crippen LogP) is 4.17. The van der Waals surface area contributed by atoms with Gasteiger partial charge in [-0.05, 0) is 26.0 Å². The number of aryl methyl sites for hydroxylation is 1. The van der Waals surface area contributed by atoms with Crippen molar-refractivity contribution in [1.29, 1.82) is 0 Å². The van der Waals surface area contributed by atoms with E-state index in [1.54, 1.807) is 17.5 Å². The topological polar surface area (TPSA) is 84.8 Å². The number of ether oxygens (including phenoxy) is 1. The fourth-order valence-corrected chi connectivity index (χ4v) is 5.38. The Labute approximate surface area is 188 Å². The summed E-state index contributed by atoms with van der Waals surface area (Å²) < 4.78 is 8.69. The lowest BCUT2D eigenvalue weighted by atomic mass is 10.1. The first-order chi connectivity index (χ1) is 15.6. The number of aromatic nitrogens is 6. The van der Waals surface area contributed by atoms with Crippen LogP contribution in [0.3, 0.4) is 0 Å². The molecule has 5 aromatic heterocycles. The number of morpholine rings is 1. The van der Waals surface area contributed by atoms with Crippen molar-refractivity contribution in [2.45, 2.75) is 19.9 Å². The zero-order valence-electron chi connectivity index (χ0n) is 18.2. The van der Waals surface area contributed by atoms with E-state index in [0.29, 0.717) is 19.0 Å². The van der Waals surface area contributed by atoms with Crippen LogP contribution in [0.4, 0.5) is 5.82 Å². The highest BCUT2D eigenvalue weighted by atomic mass is 32.1. The van der Waals surface area contributed by atoms with Gasteiger partial charge in [0.1, 0.15) is 5.65 Å². The molecule has 0 amide bonds. The second-order valence-electron chi connectivity index (χ2n) is 8.18. The predicted molar refractivity (Wildman–Crippen MR) is 127 cm³/mol. The number of rotatable bonds is 3. The molecule has 0 unspecified atom stereocenters. The van der Waals surface area contributed by atoms with Crippen LogP contribution in [0.1, 0.15) is 12.6 Å². The van der Waals surface area contributed by atoms with Crippen LogP contribution in [0.2, 0.25) is 0 Å². The van der Waals surface area contributed by atoms with Gasteiger partial charge in [-0.25, -0.2) is 15.0 Å². The standard InChI is InChI=1S/C23H23N7OS/c1-13-11-31-9-8-30(13)23-20-19(18(12-32-20)17-10-26-29(3)14(17)2)27-22(28-23)16-5-7-25-21-15(16)4-6-24-21/h4-7,10,12-13H,8-9,11H2,1-3H3,(H,24,25)/t13-/m1/s1. The fourth-order valence-electron chi connectivity index (χ4n) is 4.37. The van der Waals surface area contributed by atoms with Crippen molar-refractivity contribution in [2.75, 3.05) is 24.7 Å². The number of pyridine rings is 1. The minimum Gasteiger partial charge on any atom is -0.377 e. The molecule has 6 rings (SSSR count). The average Bonchev–Trinajstić information content (AvgIpc) is 3.53. The molecular formula is C23H23N7OS. The van der Waals surface area contributed by atoms with Crippen molar-refractivity contribution in [2.24, 2.45) is 7.05 Å². The highest BCUT2D eigenvalue weighted by Crippen LogP contribution is 2.41. The molecule has 0 bridgehead atoms. The smallest absolute Gasteiger partial charge is 0.163 e. The van der Waals surface area contributed by atoms with Crippen molar-refractivity contribution in [3.63, 3.8) is 0 Å². The minimum atomic E-state index is 0.241. The Morgan fingerprint density at radius 3 is 2.91 bits per heavy atom. The van der Waals surface area contributed by atoms with Crippen LogP contribution in [0, 0.1) is 6.92 Å². The highest BCUT2D eigenvalue weighted by Gasteiger charge is 2.26. The van der Waals surface area contributed by atoms with Crippen molar-refractivity contribution in [3.05, 3.63) is 41.8 Å². The molecule has 0 aromatic carbocycles. The summed E-state index contributed by atoms with van der Waals surface area (Å²) >= 11 is 1.70. The third kappa shape index (κ3) is 2.92. The molecule has 0 saturated carbocycles. The van der Waals surface area contributed by atoms with Crippen LogP contribution in [0.15, 0.2) is 36.1 Å². The maximum absolute atomic E-state index is 5.70. The molecule has 32 heavy (non-hydrogen) atoms. The summed E-state index contributed by atoms with van der Waals surface area (Å²) in [5, 5.41) is 7.65. The SMILES string of the molecule is Cc1c(-c2csc3c(N4CCOC[C@H]4C)nc(-c4ccnc5[nH]ccc45)nc23)cnn1C. The number of aromatic amines is 1. The number of thiophene rings is 1. The zero-order valence-corrected chi connectivity index (χ0v) is 19.0. The van der Waals surface area contributed by atoms with Gasteiger partial charge < -0.3 is 14.6 Å². The second-order valence-corrected chi connectivity index (χ2v) is 9.06. The molecular weight excluding hydrogens is 422 g/mol. The van der Waals surface area contributed by atoms with E-state index in [1.165, 1.54) is 0 Å². The van der Waals surface area contributed by atoms with E-state index < -0.39 is 0 Å². The van der Waals surface area contributed by atoms with Gasteiger partial charge >= 0.3 is 0 Å². The molecule has 1 atom stereocenters. The molecule has 9 heteroatoms. The Morgan fingerprint density at radius 2 is 2.09 bits per heavy atom. The number of fused-ring (bicyclic) bond motifs is 2. The molecule has 0 aliphatic carbocycles. The molecule has 1 saturated heterocycles. The summed E-state index contributed by atoms with van der Waals surface area (Å²) in [6.07, 6.45) is 5.63. The van der Waals surface area contributed by atoms with Crippen molar-refractivity contribution >= 4 is 38.4 Å². The van der Waals surface area contributed by atoms with Gasteiger partial charge in [0.25, 0.3) is 0 Å². The second kappa shape index (κ2) is 7.39. The van der Waals surface area contributed by atoms with Crippen molar-refractivity contribution in [3.8, 4) is 22.5 Å². The molecule has 1 N–H and O–H groups in total. The van der Waals surface area contributed by atoms with E-state index >= 15 is 0 Å². The van der Waals surface area contributed by atoms with Gasteiger partial charge in [0.05, 0.1) is 35.7 Å². The number of H-pyrrole nitrogens is 1. The van der Waals surface area contributed by atoms with E-state index in [9.17, 15) is 0 Å². The molecule has 0 radical (unpaired) electrons. The maximum Gasteiger partial charge on any atom is 0.163 e. The molecule has 1 fully saturated rings. The minimum absolute atomic E-state index is 0.241. The monoisotopic (exact) mass is 445 g/mol. The summed E-state index contributed by atoms with van der Waals surface area (Å²) in [5.41, 5.74) is 6.08. The molecule has 5 aromatic rings. The zero-order chi connectivity index (χ0) is 21.8. The van der Waals surface area contributed by atoms with Crippen LogP contribution >= 0.6 is 11.3 Å². The molecule has 0 spiro atoms. The van der Waals surface area contributed by atoms with Crippen LogP contribution in [-0.4, -0.2) is 55.5 Å². The van der Waals surface area contributed by atoms with E-state index in [0.717, 1.165) is 56.0 Å². The first-order valence-electron chi connectivity index (χ1n) is 10.7. The first kappa shape index (κ1) is 19.4. The van der Waals surface area contributed by atoms with Gasteiger partial charge in [-0.3, -0.25) is 4.68 Å². The lowest BCUT2D eigenvalue weighted by Crippen LogP contribution is -2.44. The normalized spacial score (nSPS) is 17.0. The molecule has 1 aliphatic rings. The maximum atomic E-state index is 5.70. The molecule has 8 nitrogen and oxygen atoms in total. The lowest BCUT2D eigenvalue weighted by Gasteiger charge is -2.34. The molecule has 162 valence electrons. The van der Waals surface area contributed by atoms with Gasteiger partial charge in [0.2, 0.25) is 0 Å². The summed E-state index contributed by atoms with van der Waals surface area (Å²) in [7, 11) is 1.97. The van der Waals surface area contributed by atoms with Crippen LogP contribution in [0.25, 0.3) is 43.8 Å². The number of anilines is 1. The Bertz CT molecular complexity index is 1450. The Morgan fingerprint density at radius 1 is 1.19 bits per heavy atom. The van der Waals surface area contributed by atoms with Gasteiger partial charge in [0.15, 0.2) is 11.6 Å². The number of nitrogens with one attached hydrogen (secondary N) is 1. The van der Waals surface area contributed by atoms with Crippen molar-refractivity contribution < 1.29 is 4.74 Å². The fraction of sp³-hybridized carbons (Fsp3) is 0.304. The van der Waals surface area contributed by atoms with Gasteiger partial charge in [-0.15, -0.1) is 11.3 Å². The van der Waals surface area contributed by atoms with Gasteiger partial charge in [-0.1, -0.05) is 0 Å². The number of nitrogens with zero attached hydrogens (tertiary/aromatic N) is 6. The number of hydrogen-bond donors (Lipinski definition) is 1. The summed E-state index contributed by atoms with van der Waals surface area (Å²) in [4.78, 5) is 20.2. The Kier molecular flexibility index (Phi) is 4.48. The summed E-state index contributed by atoms with van der Waals surface area (Å²) in [6, 6.07) is 4.26. The quantitative estimate of drug-likeness (QED) is 0.449. The highest BCUT2D eigenvalue weighted by molar-refractivity contribution is 7.18. The van der Waals surface area contributed by atoms with E-state index in [-0.39, 0.29) is 6.04 Å². The Balaban J connectivity index is 1.64. The molecule has 1 aliphatic heterocycles. The van der Waals surface area contributed by atoms with Gasteiger partial charge in [0, 0.05) is 59.1 Å². The third-order valence-electron chi connectivity index (χ3n) is 6.26. The first-order valence-corrected chi connectivity index (χ1v) is 11.5. The van der Waals surface area contributed by atoms with Gasteiger partial charge in [-0.2, -0.15) is 5.10 Å². The van der Waals surface area contributed by atoms with Crippen LogP contribution < -0.4 is 4.90 Å². The summed E-state index contributed by atoms with van der Waals surface area (Å²) in [6.45, 7) is 6.47. The Hall–Kier alpha value is -3.30. The van der Waals surface area contributed by atoms with E-state index in [4.69, 9.17) is 14.7 Å². The average molecular weight is 446 g/mol. The van der Waals surface area contributed by atoms with Crippen molar-refractivity contribution in [1.82, 2.24) is 29.7 Å². The van der Waals surface area contributed by atoms with Crippen LogP contribution in [0.5, 0.6) is 0 Å². The lowest BCUT2D eigenvalue weighted by molar-refractivity contribution is 0.0987. The van der Waals surface area contributed by atoms with E-state index in [1.807, 2.05) is 36.3 Å².